The maximum Gasteiger partial charge on any atom is 0.0809 e. The van der Waals surface area contributed by atoms with E-state index < -0.39 is 0 Å². The van der Waals surface area contributed by atoms with Crippen molar-refractivity contribution in [3.05, 3.63) is 0 Å². The van der Waals surface area contributed by atoms with E-state index in [4.69, 9.17) is 0 Å². The smallest absolute Gasteiger partial charge is 0.0809 e. The van der Waals surface area contributed by atoms with Gasteiger partial charge in [-0.1, -0.05) is 45.4 Å². The normalized spacial score (nSPS) is 28.5. The summed E-state index contributed by atoms with van der Waals surface area (Å²) in [5.74, 6) is 0. The van der Waals surface area contributed by atoms with Gasteiger partial charge in [0.15, 0.2) is 0 Å². The third-order valence-corrected chi connectivity index (χ3v) is 4.56. The molecule has 1 N–H and O–H groups in total. The van der Waals surface area contributed by atoms with Crippen molar-refractivity contribution >= 4 is 0 Å². The highest BCUT2D eigenvalue weighted by atomic mass is 16.3. The third-order valence-electron chi connectivity index (χ3n) is 4.56. The lowest BCUT2D eigenvalue weighted by molar-refractivity contribution is -0.915. The summed E-state index contributed by atoms with van der Waals surface area (Å²) >= 11 is 0. The minimum absolute atomic E-state index is 0.0187. The molecule has 108 valence electrons. The van der Waals surface area contributed by atoms with Crippen LogP contribution in [-0.4, -0.2) is 42.4 Å². The quantitative estimate of drug-likeness (QED) is 0.492. The number of aliphatic hydroxyl groups is 1. The topological polar surface area (TPSA) is 20.2 Å². The molecule has 1 aliphatic heterocycles. The average molecular weight is 256 g/mol. The van der Waals surface area contributed by atoms with E-state index in [0.29, 0.717) is 0 Å². The molecular weight excluding hydrogens is 222 g/mol. The van der Waals surface area contributed by atoms with E-state index in [9.17, 15) is 5.11 Å². The fourth-order valence-corrected chi connectivity index (χ4v) is 3.03. The zero-order chi connectivity index (χ0) is 13.3. The Kier molecular flexibility index (Phi) is 7.92. The lowest BCUT2D eigenvalue weighted by Crippen LogP contribution is -2.51. The molecule has 0 saturated carbocycles. The Hall–Kier alpha value is -0.0800. The highest BCUT2D eigenvalue weighted by Crippen LogP contribution is 2.18. The Morgan fingerprint density at radius 1 is 0.889 bits per heavy atom. The number of hydrogen-bond acceptors (Lipinski definition) is 1. The van der Waals surface area contributed by atoms with Crippen molar-refractivity contribution in [2.24, 2.45) is 0 Å². The van der Waals surface area contributed by atoms with E-state index in [2.05, 4.69) is 14.0 Å². The Bertz CT molecular complexity index is 197. The Morgan fingerprint density at radius 3 is 1.94 bits per heavy atom. The first-order chi connectivity index (χ1) is 8.66. The molecule has 0 aromatic carbocycles. The molecule has 1 rings (SSSR count). The molecule has 0 bridgehead atoms. The predicted molar refractivity (Wildman–Crippen MR) is 78.6 cm³/mol. The second-order valence-corrected chi connectivity index (χ2v) is 6.50. The van der Waals surface area contributed by atoms with Gasteiger partial charge in [-0.15, -0.1) is 0 Å². The highest BCUT2D eigenvalue weighted by molar-refractivity contribution is 4.61. The van der Waals surface area contributed by atoms with Gasteiger partial charge in [-0.2, -0.15) is 0 Å². The van der Waals surface area contributed by atoms with Crippen LogP contribution in [0.1, 0.15) is 71.1 Å². The van der Waals surface area contributed by atoms with Gasteiger partial charge in [-0.25, -0.2) is 0 Å². The molecule has 0 unspecified atom stereocenters. The molecule has 0 radical (unpaired) electrons. The molecule has 0 aromatic heterocycles. The number of quaternary nitrogens is 1. The molecule has 1 fully saturated rings. The number of unbranched alkanes of at least 4 members (excludes halogenated alkanes) is 7. The number of piperidine rings is 1. The molecule has 0 aromatic rings. The molecule has 1 heterocycles. The summed E-state index contributed by atoms with van der Waals surface area (Å²) in [7, 11) is 2.37. The molecule has 2 nitrogen and oxygen atoms in total. The van der Waals surface area contributed by atoms with Gasteiger partial charge in [-0.05, 0) is 12.8 Å². The summed E-state index contributed by atoms with van der Waals surface area (Å²) in [6.45, 7) is 5.96. The molecule has 2 heteroatoms. The summed E-state index contributed by atoms with van der Waals surface area (Å²) in [5.41, 5.74) is 0. The van der Waals surface area contributed by atoms with Crippen molar-refractivity contribution in [3.63, 3.8) is 0 Å². The summed E-state index contributed by atoms with van der Waals surface area (Å²) in [5, 5.41) is 9.54. The van der Waals surface area contributed by atoms with Crippen LogP contribution in [0.2, 0.25) is 0 Å². The Labute approximate surface area is 114 Å². The van der Waals surface area contributed by atoms with Gasteiger partial charge >= 0.3 is 0 Å². The van der Waals surface area contributed by atoms with Crippen LogP contribution in [-0.2, 0) is 0 Å². The second-order valence-electron chi connectivity index (χ2n) is 6.50. The van der Waals surface area contributed by atoms with Crippen LogP contribution in [0.5, 0.6) is 0 Å². The maximum atomic E-state index is 9.54. The standard InChI is InChI=1S/C16H34NO/c1-3-4-5-6-7-8-9-10-13-17(2)14-11-16(18)12-15-17/h16,18H,3-15H2,1-2H3/q+1. The van der Waals surface area contributed by atoms with Crippen molar-refractivity contribution in [1.29, 1.82) is 0 Å². The predicted octanol–water partition coefficient (Wildman–Crippen LogP) is 3.73. The van der Waals surface area contributed by atoms with Crippen molar-refractivity contribution in [2.45, 2.75) is 77.2 Å². The zero-order valence-corrected chi connectivity index (χ0v) is 12.7. The first-order valence-electron chi connectivity index (χ1n) is 8.18. The number of likely N-dealkylation sites (tertiary alicyclic amines) is 1. The third kappa shape index (κ3) is 6.75. The first kappa shape index (κ1) is 16.0. The van der Waals surface area contributed by atoms with Crippen LogP contribution in [0.3, 0.4) is 0 Å². The molecular formula is C16H34NO+. The number of nitrogens with zero attached hydrogens (tertiary/aromatic N) is 1. The van der Waals surface area contributed by atoms with Crippen LogP contribution >= 0.6 is 0 Å². The van der Waals surface area contributed by atoms with Gasteiger partial charge in [-0.3, -0.25) is 0 Å². The van der Waals surface area contributed by atoms with Crippen molar-refractivity contribution in [1.82, 2.24) is 0 Å². The van der Waals surface area contributed by atoms with E-state index >= 15 is 0 Å². The molecule has 1 saturated heterocycles. The van der Waals surface area contributed by atoms with Gasteiger partial charge < -0.3 is 9.59 Å². The minimum Gasteiger partial charge on any atom is -0.393 e. The summed E-state index contributed by atoms with van der Waals surface area (Å²) in [4.78, 5) is 0. The van der Waals surface area contributed by atoms with Crippen molar-refractivity contribution in [3.8, 4) is 0 Å². The first-order valence-corrected chi connectivity index (χ1v) is 8.18. The van der Waals surface area contributed by atoms with E-state index in [1.165, 1.54) is 75.5 Å². The molecule has 18 heavy (non-hydrogen) atoms. The van der Waals surface area contributed by atoms with E-state index in [1.54, 1.807) is 0 Å². The zero-order valence-electron chi connectivity index (χ0n) is 12.7. The fourth-order valence-electron chi connectivity index (χ4n) is 3.03. The number of aliphatic hydroxyl groups excluding tert-OH is 1. The molecule has 0 atom stereocenters. The fraction of sp³-hybridized carbons (Fsp3) is 1.00. The van der Waals surface area contributed by atoms with Crippen LogP contribution < -0.4 is 0 Å². The van der Waals surface area contributed by atoms with Gasteiger partial charge in [0.1, 0.15) is 0 Å². The largest absolute Gasteiger partial charge is 0.393 e. The molecule has 0 amide bonds. The van der Waals surface area contributed by atoms with Gasteiger partial charge in [0.05, 0.1) is 32.8 Å². The highest BCUT2D eigenvalue weighted by Gasteiger charge is 2.28. The van der Waals surface area contributed by atoms with E-state index in [0.717, 1.165) is 12.8 Å². The minimum atomic E-state index is -0.0187. The SMILES string of the molecule is CCCCCCCCCC[N+]1(C)CCC(O)CC1. The maximum absolute atomic E-state index is 9.54. The van der Waals surface area contributed by atoms with E-state index in [1.807, 2.05) is 0 Å². The van der Waals surface area contributed by atoms with Crippen LogP contribution in [0.25, 0.3) is 0 Å². The summed E-state index contributed by atoms with van der Waals surface area (Å²) in [6, 6.07) is 0. The van der Waals surface area contributed by atoms with Crippen molar-refractivity contribution < 1.29 is 9.59 Å². The van der Waals surface area contributed by atoms with E-state index in [-0.39, 0.29) is 6.10 Å². The average Bonchev–Trinajstić information content (AvgIpc) is 2.37. The van der Waals surface area contributed by atoms with Crippen LogP contribution in [0.4, 0.5) is 0 Å². The number of rotatable bonds is 9. The molecule has 0 aliphatic carbocycles. The monoisotopic (exact) mass is 256 g/mol. The summed E-state index contributed by atoms with van der Waals surface area (Å²) < 4.78 is 1.20. The molecule has 0 spiro atoms. The van der Waals surface area contributed by atoms with Gasteiger partial charge in [0.25, 0.3) is 0 Å². The van der Waals surface area contributed by atoms with Crippen LogP contribution in [0, 0.1) is 0 Å². The van der Waals surface area contributed by atoms with Crippen molar-refractivity contribution in [2.75, 3.05) is 26.7 Å². The Morgan fingerprint density at radius 2 is 1.39 bits per heavy atom. The number of hydrogen-bond donors (Lipinski definition) is 1. The van der Waals surface area contributed by atoms with Gasteiger partial charge in [0, 0.05) is 12.8 Å². The van der Waals surface area contributed by atoms with Gasteiger partial charge in [0.2, 0.25) is 0 Å². The van der Waals surface area contributed by atoms with Crippen LogP contribution in [0.15, 0.2) is 0 Å². The molecule has 1 aliphatic rings. The lowest BCUT2D eigenvalue weighted by Gasteiger charge is -2.39. The lowest BCUT2D eigenvalue weighted by atomic mass is 10.0. The Balaban J connectivity index is 1.94. The summed E-state index contributed by atoms with van der Waals surface area (Å²) in [6.07, 6.45) is 13.3. The second kappa shape index (κ2) is 8.92.